The molecule has 2 atom stereocenters. The maximum Gasteiger partial charge on any atom is 0.0329 e. The van der Waals surface area contributed by atoms with E-state index in [-0.39, 0.29) is 0 Å². The van der Waals surface area contributed by atoms with E-state index in [2.05, 4.69) is 12.2 Å². The van der Waals surface area contributed by atoms with Crippen molar-refractivity contribution in [2.45, 2.75) is 25.5 Å². The van der Waals surface area contributed by atoms with Crippen molar-refractivity contribution in [2.75, 3.05) is 30.9 Å². The van der Waals surface area contributed by atoms with Gasteiger partial charge in [0.15, 0.2) is 0 Å². The van der Waals surface area contributed by atoms with Crippen LogP contribution in [0.15, 0.2) is 0 Å². The van der Waals surface area contributed by atoms with Crippen LogP contribution >= 0.6 is 11.8 Å². The molecule has 0 amide bonds. The molecule has 2 nitrogen and oxygen atoms in total. The van der Waals surface area contributed by atoms with Crippen molar-refractivity contribution in [3.05, 3.63) is 0 Å². The summed E-state index contributed by atoms with van der Waals surface area (Å²) in [6, 6.07) is 0. The highest BCUT2D eigenvalue weighted by Gasteiger charge is 2.04. The molecular weight excluding hydrogens is 202 g/mol. The SMILES string of the molecule is CCSCCNCCC(C)S(C)=O. The molecule has 0 aromatic carbocycles. The van der Waals surface area contributed by atoms with Crippen LogP contribution in [-0.2, 0) is 10.8 Å². The molecule has 0 aliphatic rings. The molecule has 0 spiro atoms. The molecule has 0 fully saturated rings. The average molecular weight is 223 g/mol. The van der Waals surface area contributed by atoms with Gasteiger partial charge >= 0.3 is 0 Å². The summed E-state index contributed by atoms with van der Waals surface area (Å²) in [5, 5.41) is 3.68. The first-order chi connectivity index (χ1) is 6.18. The minimum atomic E-state index is -0.664. The minimum absolute atomic E-state index is 0.325. The van der Waals surface area contributed by atoms with E-state index in [1.54, 1.807) is 6.26 Å². The lowest BCUT2D eigenvalue weighted by molar-refractivity contribution is 0.643. The monoisotopic (exact) mass is 223 g/mol. The first-order valence-corrected chi connectivity index (χ1v) is 7.56. The summed E-state index contributed by atoms with van der Waals surface area (Å²) in [5.41, 5.74) is 0. The molecule has 0 radical (unpaired) electrons. The van der Waals surface area contributed by atoms with E-state index in [1.165, 1.54) is 11.5 Å². The molecule has 0 aliphatic carbocycles. The average Bonchev–Trinajstić information content (AvgIpc) is 2.10. The summed E-state index contributed by atoms with van der Waals surface area (Å²) in [7, 11) is -0.664. The molecule has 0 heterocycles. The summed E-state index contributed by atoms with van der Waals surface area (Å²) in [5.74, 6) is 2.37. The summed E-state index contributed by atoms with van der Waals surface area (Å²) in [4.78, 5) is 0. The van der Waals surface area contributed by atoms with E-state index in [0.29, 0.717) is 5.25 Å². The van der Waals surface area contributed by atoms with Gasteiger partial charge in [-0.25, -0.2) is 0 Å². The fourth-order valence-electron chi connectivity index (χ4n) is 0.885. The highest BCUT2D eigenvalue weighted by Crippen LogP contribution is 1.98. The Morgan fingerprint density at radius 1 is 1.46 bits per heavy atom. The Labute approximate surface area is 88.7 Å². The molecule has 2 unspecified atom stereocenters. The zero-order valence-electron chi connectivity index (χ0n) is 8.84. The quantitative estimate of drug-likeness (QED) is 0.632. The first-order valence-electron chi connectivity index (χ1n) is 4.79. The third kappa shape index (κ3) is 8.78. The molecule has 80 valence electrons. The summed E-state index contributed by atoms with van der Waals surface area (Å²) >= 11 is 1.95. The van der Waals surface area contributed by atoms with Crippen molar-refractivity contribution in [1.82, 2.24) is 5.32 Å². The van der Waals surface area contributed by atoms with Crippen LogP contribution in [0, 0.1) is 0 Å². The van der Waals surface area contributed by atoms with Crippen LogP contribution in [0.3, 0.4) is 0 Å². The Bertz CT molecular complexity index is 142. The van der Waals surface area contributed by atoms with Gasteiger partial charge < -0.3 is 5.32 Å². The zero-order valence-corrected chi connectivity index (χ0v) is 10.5. The molecule has 0 saturated heterocycles. The lowest BCUT2D eigenvalue weighted by atomic mass is 10.3. The van der Waals surface area contributed by atoms with E-state index < -0.39 is 10.8 Å². The largest absolute Gasteiger partial charge is 0.316 e. The van der Waals surface area contributed by atoms with Gasteiger partial charge in [0, 0.05) is 34.6 Å². The highest BCUT2D eigenvalue weighted by molar-refractivity contribution is 7.99. The first kappa shape index (κ1) is 13.5. The second-order valence-corrected chi connectivity index (χ2v) is 6.24. The Kier molecular flexibility index (Phi) is 9.35. The summed E-state index contributed by atoms with van der Waals surface area (Å²) in [6.07, 6.45) is 2.79. The van der Waals surface area contributed by atoms with Gasteiger partial charge in [-0.2, -0.15) is 11.8 Å². The zero-order chi connectivity index (χ0) is 10.1. The molecule has 4 heteroatoms. The van der Waals surface area contributed by atoms with Crippen molar-refractivity contribution in [2.24, 2.45) is 0 Å². The molecular formula is C9H21NOS2. The second-order valence-electron chi connectivity index (χ2n) is 3.04. The molecule has 0 aromatic heterocycles. The van der Waals surface area contributed by atoms with Crippen LogP contribution in [0.5, 0.6) is 0 Å². The maximum absolute atomic E-state index is 11.0. The Hall–Kier alpha value is 0.460. The number of thioether (sulfide) groups is 1. The van der Waals surface area contributed by atoms with Gasteiger partial charge in [-0.15, -0.1) is 0 Å². The molecule has 1 N–H and O–H groups in total. The minimum Gasteiger partial charge on any atom is -0.316 e. The van der Waals surface area contributed by atoms with E-state index in [1.807, 2.05) is 18.7 Å². The third-order valence-electron chi connectivity index (χ3n) is 1.92. The molecule has 0 saturated carbocycles. The molecule has 0 aromatic rings. The summed E-state index contributed by atoms with van der Waals surface area (Å²) < 4.78 is 11.0. The van der Waals surface area contributed by atoms with E-state index in [4.69, 9.17) is 0 Å². The van der Waals surface area contributed by atoms with Crippen molar-refractivity contribution in [3.63, 3.8) is 0 Å². The van der Waals surface area contributed by atoms with Crippen LogP contribution in [0.2, 0.25) is 0 Å². The number of nitrogens with one attached hydrogen (secondary N) is 1. The second kappa shape index (κ2) is 9.03. The number of hydrogen-bond acceptors (Lipinski definition) is 3. The van der Waals surface area contributed by atoms with Gasteiger partial charge in [-0.05, 0) is 18.7 Å². The van der Waals surface area contributed by atoms with Gasteiger partial charge in [0.05, 0.1) is 0 Å². The van der Waals surface area contributed by atoms with Crippen molar-refractivity contribution < 1.29 is 4.21 Å². The predicted octanol–water partition coefficient (Wildman–Crippen LogP) is 1.49. The molecule has 0 rings (SSSR count). The summed E-state index contributed by atoms with van der Waals surface area (Å²) in [6.45, 7) is 6.28. The topological polar surface area (TPSA) is 29.1 Å². The van der Waals surface area contributed by atoms with Crippen molar-refractivity contribution in [1.29, 1.82) is 0 Å². The normalized spacial score (nSPS) is 15.6. The molecule has 0 aliphatic heterocycles. The fourth-order valence-corrected chi connectivity index (χ4v) is 1.91. The lowest BCUT2D eigenvalue weighted by Gasteiger charge is -2.08. The Morgan fingerprint density at radius 2 is 2.15 bits per heavy atom. The van der Waals surface area contributed by atoms with Crippen LogP contribution in [0.25, 0.3) is 0 Å². The lowest BCUT2D eigenvalue weighted by Crippen LogP contribution is -2.23. The van der Waals surface area contributed by atoms with Gasteiger partial charge in [0.25, 0.3) is 0 Å². The standard InChI is InChI=1S/C9H21NOS2/c1-4-12-8-7-10-6-5-9(2)13(3)11/h9-10H,4-8H2,1-3H3. The Morgan fingerprint density at radius 3 is 2.69 bits per heavy atom. The molecule has 13 heavy (non-hydrogen) atoms. The number of rotatable bonds is 8. The van der Waals surface area contributed by atoms with Crippen molar-refractivity contribution >= 4 is 22.6 Å². The van der Waals surface area contributed by atoms with E-state index in [0.717, 1.165) is 19.5 Å². The molecule has 0 bridgehead atoms. The highest BCUT2D eigenvalue weighted by atomic mass is 32.2. The third-order valence-corrected chi connectivity index (χ3v) is 4.19. The van der Waals surface area contributed by atoms with Gasteiger partial charge in [-0.1, -0.05) is 13.8 Å². The fraction of sp³-hybridized carbons (Fsp3) is 1.00. The van der Waals surface area contributed by atoms with E-state index >= 15 is 0 Å². The van der Waals surface area contributed by atoms with Gasteiger partial charge in [0.2, 0.25) is 0 Å². The van der Waals surface area contributed by atoms with Crippen LogP contribution in [0.4, 0.5) is 0 Å². The van der Waals surface area contributed by atoms with Gasteiger partial charge in [-0.3, -0.25) is 4.21 Å². The van der Waals surface area contributed by atoms with Gasteiger partial charge in [0.1, 0.15) is 0 Å². The van der Waals surface area contributed by atoms with Crippen LogP contribution in [0.1, 0.15) is 20.3 Å². The predicted molar refractivity (Wildman–Crippen MR) is 64.0 cm³/mol. The smallest absolute Gasteiger partial charge is 0.0329 e. The van der Waals surface area contributed by atoms with Crippen LogP contribution < -0.4 is 5.32 Å². The maximum atomic E-state index is 11.0. The van der Waals surface area contributed by atoms with Crippen molar-refractivity contribution in [3.8, 4) is 0 Å². The van der Waals surface area contributed by atoms with E-state index in [9.17, 15) is 4.21 Å². The Balaban J connectivity index is 3.11. The van der Waals surface area contributed by atoms with Crippen LogP contribution in [-0.4, -0.2) is 40.3 Å². The number of hydrogen-bond donors (Lipinski definition) is 1.